The number of H-pyrrole nitrogens is 1. The van der Waals surface area contributed by atoms with E-state index in [0.29, 0.717) is 27.6 Å². The van der Waals surface area contributed by atoms with Crippen LogP contribution in [0.25, 0.3) is 10.9 Å². The summed E-state index contributed by atoms with van der Waals surface area (Å²) in [5, 5.41) is 113. The van der Waals surface area contributed by atoms with Gasteiger partial charge in [0.15, 0.2) is 11.9 Å². The lowest BCUT2D eigenvalue weighted by Crippen LogP contribution is -2.62. The number of aliphatic carboxylic acids is 2. The zero-order valence-corrected chi connectivity index (χ0v) is 85.5. The van der Waals surface area contributed by atoms with Crippen LogP contribution in [0.15, 0.2) is 85.1 Å². The lowest BCUT2D eigenvalue weighted by molar-refractivity contribution is -0.145. The van der Waals surface area contributed by atoms with Gasteiger partial charge in [0, 0.05) is 62.4 Å². The summed E-state index contributed by atoms with van der Waals surface area (Å²) in [6.07, 6.45) is -5.13. The van der Waals surface area contributed by atoms with Crippen molar-refractivity contribution in [2.45, 2.75) is 301 Å². The van der Waals surface area contributed by atoms with Crippen molar-refractivity contribution in [2.75, 3.05) is 26.2 Å². The summed E-state index contributed by atoms with van der Waals surface area (Å²) < 4.78 is 0. The summed E-state index contributed by atoms with van der Waals surface area (Å²) in [5.74, 6) is -23.9. The third-order valence-electron chi connectivity index (χ3n) is 24.2. The van der Waals surface area contributed by atoms with Gasteiger partial charge in [0.25, 0.3) is 0 Å². The Bertz CT molecular complexity index is 5270. The second kappa shape index (κ2) is 60.7. The average molecular weight is 2080 g/mol. The number of nitrogens with two attached hydrogens (primary N) is 4. The molecule has 0 spiro atoms. The topological polar surface area (TPSA) is 830 Å². The third-order valence-corrected chi connectivity index (χ3v) is 24.2. The zero-order chi connectivity index (χ0) is 111. The first-order valence-electron chi connectivity index (χ1n) is 49.1. The van der Waals surface area contributed by atoms with Gasteiger partial charge in [0.1, 0.15) is 102 Å². The minimum atomic E-state index is -2.05. The van der Waals surface area contributed by atoms with E-state index in [4.69, 9.17) is 33.8 Å². The van der Waals surface area contributed by atoms with Gasteiger partial charge in [0.2, 0.25) is 106 Å². The van der Waals surface area contributed by atoms with E-state index in [1.807, 2.05) is 0 Å². The largest absolute Gasteiger partial charge is 0.508 e. The number of guanidine groups is 2. The Morgan fingerprint density at radius 2 is 0.865 bits per heavy atom. The highest BCUT2D eigenvalue weighted by Crippen LogP contribution is 2.25. The SMILES string of the molecule is CC[C@H](C)[C@H](NC(=O)[C@H](Cc1ccc(O)cc1)NC(=O)[C@H](Cc1ccccc1)NC(=O)[C@H](C)NC(=O)[C@@H](NC(=O)[C@H](C)N)C(C)C)C(=O)N1CCC[C@H]1C(=O)N[C@@H](CC(=O)O)C(=O)N[C@@H](CCC(N)=O)C(=O)N[C@@H](C)C(=O)N[C@H](C(=O)N[C@@H](CC(C)C)C(=O)N[C@@H](CC(C)C)C(=O)N[C@@H](CCCNC(=N)N)C(=O)NCC(=O)N[C@@H](Cc1c[nH]c2ccccc12)C(=O)N[C@H](C(=O)N[C@@H](CCCNC(=N)N)C(=O)O)[C@@H](C)O)[C@@H](C)O. The second-order valence-electron chi connectivity index (χ2n) is 38.1. The highest BCUT2D eigenvalue weighted by Gasteiger charge is 2.44. The number of phenolic OH excluding ortho intramolecular Hbond substituents is 1. The molecule has 1 saturated heterocycles. The first-order valence-corrected chi connectivity index (χ1v) is 49.1. The number of amides is 18. The molecule has 0 aliphatic carbocycles. The number of carboxylic acids is 2. The number of nitrogens with one attached hydrogen (secondary N) is 21. The average Bonchev–Trinajstić information content (AvgIpc) is 1.44. The summed E-state index contributed by atoms with van der Waals surface area (Å²) in [6, 6.07) is -5.30. The van der Waals surface area contributed by atoms with Gasteiger partial charge < -0.3 is 154 Å². The van der Waals surface area contributed by atoms with Gasteiger partial charge in [-0.1, -0.05) is 122 Å². The number of benzene rings is 3. The fourth-order valence-corrected chi connectivity index (χ4v) is 15.8. The molecule has 20 atom stereocenters. The molecule has 148 heavy (non-hydrogen) atoms. The highest BCUT2D eigenvalue weighted by atomic mass is 16.4. The van der Waals surface area contributed by atoms with Crippen molar-refractivity contribution < 1.29 is 121 Å². The van der Waals surface area contributed by atoms with Gasteiger partial charge >= 0.3 is 11.9 Å². The number of phenols is 1. The number of likely N-dealkylation sites (tertiary alicyclic amines) is 1. The summed E-state index contributed by atoms with van der Waals surface area (Å²) >= 11 is 0. The van der Waals surface area contributed by atoms with Gasteiger partial charge in [0.05, 0.1) is 31.2 Å². The van der Waals surface area contributed by atoms with E-state index in [0.717, 1.165) is 25.7 Å². The smallest absolute Gasteiger partial charge is 0.326 e. The first-order chi connectivity index (χ1) is 69.6. The van der Waals surface area contributed by atoms with E-state index in [-0.39, 0.29) is 114 Å². The first kappa shape index (κ1) is 123. The summed E-state index contributed by atoms with van der Waals surface area (Å²) in [4.78, 5) is 284. The quantitative estimate of drug-likeness (QED) is 0.0111. The number of aromatic amines is 1. The Hall–Kier alpha value is -15.2. The normalized spacial score (nSPS) is 16.1. The van der Waals surface area contributed by atoms with E-state index in [1.165, 1.54) is 38.1 Å². The number of carbonyl (C=O) groups excluding carboxylic acids is 18. The van der Waals surface area contributed by atoms with Crippen LogP contribution in [-0.2, 0) is 115 Å². The van der Waals surface area contributed by atoms with Gasteiger partial charge in [-0.2, -0.15) is 0 Å². The van der Waals surface area contributed by atoms with Crippen molar-refractivity contribution in [1.29, 1.82) is 10.8 Å². The molecule has 51 heteroatoms. The third kappa shape index (κ3) is 41.4. The van der Waals surface area contributed by atoms with Crippen LogP contribution in [0.1, 0.15) is 184 Å². The van der Waals surface area contributed by atoms with Crippen LogP contribution < -0.4 is 119 Å². The predicted octanol–water partition coefficient (Wildman–Crippen LogP) is -5.43. The van der Waals surface area contributed by atoms with Crippen LogP contribution in [0.3, 0.4) is 0 Å². The maximum Gasteiger partial charge on any atom is 0.326 e. The van der Waals surface area contributed by atoms with Crippen molar-refractivity contribution in [1.82, 2.24) is 106 Å². The van der Waals surface area contributed by atoms with Crippen molar-refractivity contribution in [3.63, 3.8) is 0 Å². The zero-order valence-electron chi connectivity index (χ0n) is 85.5. The minimum Gasteiger partial charge on any atom is -0.508 e. The summed E-state index contributed by atoms with van der Waals surface area (Å²) in [7, 11) is 0. The molecule has 1 aliphatic rings. The van der Waals surface area contributed by atoms with Crippen LogP contribution in [0.5, 0.6) is 5.75 Å². The molecule has 18 amide bonds. The van der Waals surface area contributed by atoms with Crippen LogP contribution in [0, 0.1) is 34.5 Å². The van der Waals surface area contributed by atoms with E-state index >= 15 is 4.79 Å². The maximum atomic E-state index is 15.1. The molecule has 0 unspecified atom stereocenters. The number of carbonyl (C=O) groups is 20. The molecule has 0 bridgehead atoms. The maximum absolute atomic E-state index is 15.1. The number of fused-ring (bicyclic) bond motifs is 1. The van der Waals surface area contributed by atoms with Crippen molar-refractivity contribution in [3.05, 3.63) is 102 Å². The molecule has 2 heterocycles. The van der Waals surface area contributed by atoms with Crippen LogP contribution in [0.2, 0.25) is 0 Å². The Morgan fingerprint density at radius 3 is 1.37 bits per heavy atom. The van der Waals surface area contributed by atoms with Gasteiger partial charge in [-0.15, -0.1) is 0 Å². The molecule has 5 rings (SSSR count). The Morgan fingerprint density at radius 1 is 0.439 bits per heavy atom. The number of aromatic hydroxyl groups is 1. The lowest BCUT2D eigenvalue weighted by Gasteiger charge is -2.33. The fourth-order valence-electron chi connectivity index (χ4n) is 15.8. The molecule has 1 fully saturated rings. The highest BCUT2D eigenvalue weighted by molar-refractivity contribution is 6.03. The summed E-state index contributed by atoms with van der Waals surface area (Å²) in [5.41, 5.74) is 24.2. The van der Waals surface area contributed by atoms with Gasteiger partial charge in [-0.25, -0.2) is 4.79 Å². The number of aliphatic hydroxyl groups is 2. The molecule has 4 aromatic rings. The monoisotopic (exact) mass is 2080 g/mol. The van der Waals surface area contributed by atoms with Crippen molar-refractivity contribution >= 4 is 141 Å². The molecule has 816 valence electrons. The van der Waals surface area contributed by atoms with E-state index < -0.39 is 283 Å². The number of nitrogens with zero attached hydrogens (tertiary/aromatic N) is 1. The molecule has 51 nitrogen and oxygen atoms in total. The molecule has 1 aromatic heterocycles. The van der Waals surface area contributed by atoms with Crippen molar-refractivity contribution in [3.8, 4) is 5.75 Å². The molecule has 3 aromatic carbocycles. The number of carboxylic acid groups (broad SMARTS) is 2. The van der Waals surface area contributed by atoms with Crippen molar-refractivity contribution in [2.24, 2.45) is 46.6 Å². The number of aromatic nitrogens is 1. The lowest BCUT2D eigenvalue weighted by atomic mass is 9.96. The van der Waals surface area contributed by atoms with Crippen LogP contribution >= 0.6 is 0 Å². The van der Waals surface area contributed by atoms with E-state index in [1.54, 1.807) is 116 Å². The molecular formula is C97H148N26O25. The number of para-hydroxylation sites is 1. The predicted molar refractivity (Wildman–Crippen MR) is 539 cm³/mol. The number of aliphatic hydroxyl groups excluding tert-OH is 2. The molecule has 0 saturated carbocycles. The minimum absolute atomic E-state index is 0.0106. The Balaban J connectivity index is 1.31. The number of primary amides is 1. The second-order valence-corrected chi connectivity index (χ2v) is 38.1. The standard InChI is InChI=1S/C97H148N26O25/c1-14-50(8)76(120-88(140)68(42-57-30-32-59(126)33-31-57)116-86(138)67(41-56-23-16-15-17-24-56)114-80(132)52(10)109-91(143)75(49(6)7)119-79(131)51(9)98)94(146)123-38-22-29-71(123)90(142)117-70(44-74(129)130)87(139)112-63(34-35-72(99)127)83(135)108-53(11)81(133)121-77(54(12)124)93(145)118-66(40-48(4)5)85(137)115-65(39-47(2)3)84(136)111-62(27-20-36-104-96(100)101)82(134)107-46-73(128)110-69(43-58-45-106-61-26-19-18-25-60(58)61)89(141)122-78(55(13)125)92(144)113-64(95(147)148)28-21-37-105-97(102)103/h15-19,23-26,30-33,45,47-55,62-71,75-78,106,124-126H,14,20-22,27-29,34-44,46,98H2,1-13H3,(H2,99,127)(H,107,134)(H,108,135)(H,109,143)(H,110,128)(H,111,136)(H,112,139)(H,113,144)(H,114,132)(H,115,137)(H,116,138)(H,117,142)(H,118,145)(H,119,131)(H,120,140)(H,121,133)(H,122,141)(H,129,130)(H,147,148)(H4,100,101,104)(H4,102,103,105)/t50-,51-,52-,53-,54+,55+,62-,63-,64-,65-,66-,67-,68-,69-,70-,71-,75-,76-,77-,78-/m0/s1. The Kier molecular flexibility index (Phi) is 50.5. The number of rotatable bonds is 62. The van der Waals surface area contributed by atoms with Crippen LogP contribution in [-0.4, -0.2) is 307 Å². The van der Waals surface area contributed by atoms with Gasteiger partial charge in [-0.05, 0) is 151 Å². The molecular weight excluding hydrogens is 1930 g/mol. The van der Waals surface area contributed by atoms with E-state index in [2.05, 4.69) is 101 Å². The molecule has 34 N–H and O–H groups in total. The van der Waals surface area contributed by atoms with Crippen LogP contribution in [0.4, 0.5) is 0 Å². The Labute approximate surface area is 856 Å². The summed E-state index contributed by atoms with van der Waals surface area (Å²) in [6.45, 7) is 18.6. The molecule has 1 aliphatic heterocycles. The fraction of sp³-hybridized carbons (Fsp3) is 0.567. The van der Waals surface area contributed by atoms with Gasteiger partial charge in [-0.3, -0.25) is 102 Å². The van der Waals surface area contributed by atoms with E-state index in [9.17, 15) is 117 Å². The number of hydrogen-bond donors (Lipinski definition) is 30. The molecule has 0 radical (unpaired) electrons. The number of hydrogen-bond acceptors (Lipinski definition) is 26.